The number of halogens is 3. The third kappa shape index (κ3) is 3.93. The molecule has 2 aromatic carbocycles. The van der Waals surface area contributed by atoms with Crippen molar-refractivity contribution in [1.82, 2.24) is 4.98 Å². The SMILES string of the molecule is CCOC(=O)c1cnc2cc(C(F)(F)F)ccc2c1Nc1cc(C)ccc1C. The number of carbonyl (C=O) groups excluding carboxylic acids is 1. The first kappa shape index (κ1) is 19.7. The summed E-state index contributed by atoms with van der Waals surface area (Å²) in [6.07, 6.45) is -3.23. The first-order valence-corrected chi connectivity index (χ1v) is 8.72. The minimum absolute atomic E-state index is 0.135. The van der Waals surface area contributed by atoms with Gasteiger partial charge in [0.2, 0.25) is 0 Å². The molecule has 146 valence electrons. The molecule has 1 N–H and O–H groups in total. The van der Waals surface area contributed by atoms with Gasteiger partial charge in [0, 0.05) is 17.3 Å². The van der Waals surface area contributed by atoms with Crippen molar-refractivity contribution in [3.8, 4) is 0 Å². The molecule has 7 heteroatoms. The van der Waals surface area contributed by atoms with Crippen molar-refractivity contribution >= 4 is 28.2 Å². The normalized spacial score (nSPS) is 11.5. The van der Waals surface area contributed by atoms with Gasteiger partial charge in [-0.2, -0.15) is 13.2 Å². The van der Waals surface area contributed by atoms with E-state index in [0.717, 1.165) is 28.9 Å². The Bertz CT molecular complexity index is 1050. The molecule has 0 spiro atoms. The van der Waals surface area contributed by atoms with Crippen molar-refractivity contribution in [2.24, 2.45) is 0 Å². The number of aromatic nitrogens is 1. The lowest BCUT2D eigenvalue weighted by molar-refractivity contribution is -0.137. The smallest absolute Gasteiger partial charge is 0.416 e. The number of carbonyl (C=O) groups is 1. The molecule has 0 radical (unpaired) electrons. The number of alkyl halides is 3. The molecule has 1 aromatic heterocycles. The van der Waals surface area contributed by atoms with E-state index in [2.05, 4.69) is 10.3 Å². The Kier molecular flexibility index (Phi) is 5.27. The van der Waals surface area contributed by atoms with Crippen LogP contribution in [0.1, 0.15) is 34.0 Å². The van der Waals surface area contributed by atoms with Crippen LogP contribution >= 0.6 is 0 Å². The molecule has 0 aliphatic heterocycles. The fourth-order valence-corrected chi connectivity index (χ4v) is 2.87. The topological polar surface area (TPSA) is 51.2 Å². The Hall–Kier alpha value is -3.09. The van der Waals surface area contributed by atoms with Gasteiger partial charge in [-0.15, -0.1) is 0 Å². The highest BCUT2D eigenvalue weighted by Gasteiger charge is 2.31. The number of hydrogen-bond acceptors (Lipinski definition) is 4. The van der Waals surface area contributed by atoms with Crippen LogP contribution in [-0.2, 0) is 10.9 Å². The second-order valence-electron chi connectivity index (χ2n) is 6.44. The van der Waals surface area contributed by atoms with Gasteiger partial charge in [0.15, 0.2) is 0 Å². The summed E-state index contributed by atoms with van der Waals surface area (Å²) in [7, 11) is 0. The Labute approximate surface area is 160 Å². The highest BCUT2D eigenvalue weighted by atomic mass is 19.4. The number of ether oxygens (including phenoxy) is 1. The molecular weight excluding hydrogens is 369 g/mol. The van der Waals surface area contributed by atoms with Crippen LogP contribution < -0.4 is 5.32 Å². The molecule has 0 saturated carbocycles. The van der Waals surface area contributed by atoms with Crippen LogP contribution in [0.15, 0.2) is 42.6 Å². The highest BCUT2D eigenvalue weighted by molar-refractivity contribution is 6.06. The predicted molar refractivity (Wildman–Crippen MR) is 102 cm³/mol. The summed E-state index contributed by atoms with van der Waals surface area (Å²) >= 11 is 0. The number of rotatable bonds is 4. The van der Waals surface area contributed by atoms with Crippen LogP contribution in [0.3, 0.4) is 0 Å². The molecular formula is C21H19F3N2O2. The zero-order valence-electron chi connectivity index (χ0n) is 15.6. The van der Waals surface area contributed by atoms with Crippen LogP contribution in [0.5, 0.6) is 0 Å². The first-order chi connectivity index (χ1) is 13.2. The number of esters is 1. The van der Waals surface area contributed by atoms with E-state index in [1.165, 1.54) is 12.3 Å². The summed E-state index contributed by atoms with van der Waals surface area (Å²) in [5, 5.41) is 3.60. The van der Waals surface area contributed by atoms with Gasteiger partial charge in [0.05, 0.1) is 23.4 Å². The molecule has 3 rings (SSSR count). The quantitative estimate of drug-likeness (QED) is 0.575. The zero-order valence-corrected chi connectivity index (χ0v) is 15.6. The van der Waals surface area contributed by atoms with Gasteiger partial charge in [0.25, 0.3) is 0 Å². The molecule has 0 bridgehead atoms. The lowest BCUT2D eigenvalue weighted by Crippen LogP contribution is -2.10. The Morgan fingerprint density at radius 1 is 1.14 bits per heavy atom. The molecule has 3 aromatic rings. The maximum Gasteiger partial charge on any atom is 0.416 e. The molecule has 0 fully saturated rings. The van der Waals surface area contributed by atoms with Crippen molar-refractivity contribution in [2.75, 3.05) is 11.9 Å². The maximum atomic E-state index is 13.1. The molecule has 1 heterocycles. The molecule has 0 unspecified atom stereocenters. The Balaban J connectivity index is 2.21. The van der Waals surface area contributed by atoms with Gasteiger partial charge in [0.1, 0.15) is 5.56 Å². The molecule has 4 nitrogen and oxygen atoms in total. The number of hydrogen-bond donors (Lipinski definition) is 1. The number of nitrogens with zero attached hydrogens (tertiary/aromatic N) is 1. The number of anilines is 2. The molecule has 0 saturated heterocycles. The van der Waals surface area contributed by atoms with E-state index in [9.17, 15) is 18.0 Å². The van der Waals surface area contributed by atoms with Crippen molar-refractivity contribution in [3.63, 3.8) is 0 Å². The lowest BCUT2D eigenvalue weighted by atomic mass is 10.0. The second-order valence-corrected chi connectivity index (χ2v) is 6.44. The number of pyridine rings is 1. The summed E-state index contributed by atoms with van der Waals surface area (Å²) in [5.74, 6) is -0.593. The first-order valence-electron chi connectivity index (χ1n) is 8.72. The Morgan fingerprint density at radius 3 is 2.57 bits per heavy atom. The third-order valence-electron chi connectivity index (χ3n) is 4.34. The van der Waals surface area contributed by atoms with Crippen molar-refractivity contribution in [2.45, 2.75) is 26.9 Å². The second kappa shape index (κ2) is 7.50. The van der Waals surface area contributed by atoms with Gasteiger partial charge in [-0.1, -0.05) is 18.2 Å². The minimum Gasteiger partial charge on any atom is -0.462 e. The van der Waals surface area contributed by atoms with E-state index in [0.29, 0.717) is 11.1 Å². The van der Waals surface area contributed by atoms with Crippen molar-refractivity contribution in [3.05, 3.63) is 64.8 Å². The lowest BCUT2D eigenvalue weighted by Gasteiger charge is -2.17. The standard InChI is InChI=1S/C21H19F3N2O2/c1-4-28-20(27)16-11-25-18-10-14(21(22,23)24)7-8-15(18)19(16)26-17-9-12(2)5-6-13(17)3/h5-11H,4H2,1-3H3,(H,25,26). The maximum absolute atomic E-state index is 13.1. The monoisotopic (exact) mass is 388 g/mol. The van der Waals surface area contributed by atoms with E-state index in [1.54, 1.807) is 6.92 Å². The van der Waals surface area contributed by atoms with Crippen LogP contribution in [0.4, 0.5) is 24.5 Å². The third-order valence-corrected chi connectivity index (χ3v) is 4.34. The summed E-state index contributed by atoms with van der Waals surface area (Å²) in [6.45, 7) is 5.68. The van der Waals surface area contributed by atoms with E-state index in [-0.39, 0.29) is 17.7 Å². The summed E-state index contributed by atoms with van der Waals surface area (Å²) in [6, 6.07) is 9.05. The number of nitrogens with one attached hydrogen (secondary N) is 1. The van der Waals surface area contributed by atoms with Gasteiger partial charge in [-0.05, 0) is 50.1 Å². The van der Waals surface area contributed by atoms with Gasteiger partial charge < -0.3 is 10.1 Å². The molecule has 0 aliphatic carbocycles. The molecule has 0 amide bonds. The zero-order chi connectivity index (χ0) is 20.5. The average molecular weight is 388 g/mol. The summed E-state index contributed by atoms with van der Waals surface area (Å²) in [5.41, 5.74) is 2.55. The largest absolute Gasteiger partial charge is 0.462 e. The predicted octanol–water partition coefficient (Wildman–Crippen LogP) is 5.79. The van der Waals surface area contributed by atoms with Gasteiger partial charge in [-0.3, -0.25) is 4.98 Å². The number of benzene rings is 2. The fraction of sp³-hybridized carbons (Fsp3) is 0.238. The van der Waals surface area contributed by atoms with E-state index >= 15 is 0 Å². The van der Waals surface area contributed by atoms with Gasteiger partial charge in [-0.25, -0.2) is 4.79 Å². The van der Waals surface area contributed by atoms with Gasteiger partial charge >= 0.3 is 12.1 Å². The number of fused-ring (bicyclic) bond motifs is 1. The molecule has 28 heavy (non-hydrogen) atoms. The average Bonchev–Trinajstić information content (AvgIpc) is 2.63. The summed E-state index contributed by atoms with van der Waals surface area (Å²) < 4.78 is 44.2. The van der Waals surface area contributed by atoms with Crippen LogP contribution in [-0.4, -0.2) is 17.6 Å². The minimum atomic E-state index is -4.48. The van der Waals surface area contributed by atoms with E-state index < -0.39 is 17.7 Å². The van der Waals surface area contributed by atoms with Crippen molar-refractivity contribution in [1.29, 1.82) is 0 Å². The van der Waals surface area contributed by atoms with E-state index in [4.69, 9.17) is 4.74 Å². The number of aryl methyl sites for hydroxylation is 2. The van der Waals surface area contributed by atoms with Crippen molar-refractivity contribution < 1.29 is 22.7 Å². The summed E-state index contributed by atoms with van der Waals surface area (Å²) in [4.78, 5) is 16.5. The fourth-order valence-electron chi connectivity index (χ4n) is 2.87. The highest BCUT2D eigenvalue weighted by Crippen LogP contribution is 2.35. The molecule has 0 atom stereocenters. The van der Waals surface area contributed by atoms with Crippen LogP contribution in [0.2, 0.25) is 0 Å². The van der Waals surface area contributed by atoms with Crippen LogP contribution in [0, 0.1) is 13.8 Å². The molecule has 0 aliphatic rings. The van der Waals surface area contributed by atoms with Crippen LogP contribution in [0.25, 0.3) is 10.9 Å². The van der Waals surface area contributed by atoms with E-state index in [1.807, 2.05) is 32.0 Å². The Morgan fingerprint density at radius 2 is 1.89 bits per heavy atom.